The molecule has 0 saturated heterocycles. The molecule has 7 heteroatoms. The van der Waals surface area contributed by atoms with Crippen LogP contribution in [0.15, 0.2) is 11.4 Å². The van der Waals surface area contributed by atoms with Crippen LogP contribution in [-0.2, 0) is 6.18 Å². The van der Waals surface area contributed by atoms with Crippen molar-refractivity contribution in [2.75, 3.05) is 0 Å². The molecular formula is C8H5F3N3S. The molecule has 3 nitrogen and oxygen atoms in total. The maximum Gasteiger partial charge on any atom is 0.435 e. The summed E-state index contributed by atoms with van der Waals surface area (Å²) in [7, 11) is 0. The quantitative estimate of drug-likeness (QED) is 0.756. The standard InChI is InChI=1S/C8H5F3N3S/c1-5-4-6(8(9,10)11)13-14(5)7-12-2-3-15-7/h3-4H,1H3. The summed E-state index contributed by atoms with van der Waals surface area (Å²) < 4.78 is 38.1. The Bertz CT molecular complexity index is 458. The molecule has 1 radical (unpaired) electrons. The summed E-state index contributed by atoms with van der Waals surface area (Å²) in [4.78, 5) is 3.77. The van der Waals surface area contributed by atoms with Crippen LogP contribution >= 0.6 is 11.3 Å². The zero-order valence-electron chi connectivity index (χ0n) is 7.54. The van der Waals surface area contributed by atoms with E-state index in [1.54, 1.807) is 12.3 Å². The Morgan fingerprint density at radius 1 is 1.47 bits per heavy atom. The van der Waals surface area contributed by atoms with Gasteiger partial charge in [-0.1, -0.05) is 0 Å². The second-order valence-corrected chi connectivity index (χ2v) is 3.68. The molecule has 79 valence electrons. The van der Waals surface area contributed by atoms with Crippen molar-refractivity contribution in [3.8, 4) is 5.13 Å². The SMILES string of the molecule is Cc1cc(C(F)(F)F)nn1-c1n[c]cs1. The van der Waals surface area contributed by atoms with Gasteiger partial charge < -0.3 is 0 Å². The van der Waals surface area contributed by atoms with Gasteiger partial charge >= 0.3 is 6.18 Å². The minimum atomic E-state index is -4.42. The highest BCUT2D eigenvalue weighted by Gasteiger charge is 2.34. The second-order valence-electron chi connectivity index (χ2n) is 2.84. The zero-order chi connectivity index (χ0) is 11.1. The third-order valence-corrected chi connectivity index (χ3v) is 2.43. The fourth-order valence-electron chi connectivity index (χ4n) is 1.09. The number of hydrogen-bond acceptors (Lipinski definition) is 3. The van der Waals surface area contributed by atoms with E-state index in [2.05, 4.69) is 16.3 Å². The number of alkyl halides is 3. The molecule has 0 aromatic carbocycles. The molecule has 0 aliphatic rings. The van der Waals surface area contributed by atoms with Crippen molar-refractivity contribution < 1.29 is 13.2 Å². The van der Waals surface area contributed by atoms with Crippen molar-refractivity contribution in [3.63, 3.8) is 0 Å². The summed E-state index contributed by atoms with van der Waals surface area (Å²) in [6, 6.07) is 0.988. The van der Waals surface area contributed by atoms with Gasteiger partial charge in [0.15, 0.2) is 5.69 Å². The van der Waals surface area contributed by atoms with Gasteiger partial charge in [-0.2, -0.15) is 18.3 Å². The van der Waals surface area contributed by atoms with Crippen LogP contribution < -0.4 is 0 Å². The largest absolute Gasteiger partial charge is 0.435 e. The van der Waals surface area contributed by atoms with Crippen LogP contribution in [0.2, 0.25) is 0 Å². The minimum Gasteiger partial charge on any atom is -0.217 e. The van der Waals surface area contributed by atoms with E-state index in [0.29, 0.717) is 10.8 Å². The fraction of sp³-hybridized carbons (Fsp3) is 0.250. The Labute approximate surface area is 87.2 Å². The predicted molar refractivity (Wildman–Crippen MR) is 47.8 cm³/mol. The molecule has 2 heterocycles. The number of aromatic nitrogens is 3. The van der Waals surface area contributed by atoms with Crippen molar-refractivity contribution >= 4 is 11.3 Å². The number of rotatable bonds is 1. The molecule has 0 saturated carbocycles. The monoisotopic (exact) mass is 232 g/mol. The fourth-order valence-corrected chi connectivity index (χ4v) is 1.69. The molecule has 0 bridgehead atoms. The van der Waals surface area contributed by atoms with Crippen LogP contribution in [0.1, 0.15) is 11.4 Å². The van der Waals surface area contributed by atoms with Gasteiger partial charge in [0.05, 0.1) is 0 Å². The number of halogens is 3. The molecule has 0 atom stereocenters. The summed E-state index contributed by atoms with van der Waals surface area (Å²) in [5.41, 5.74) is -0.513. The lowest BCUT2D eigenvalue weighted by Gasteiger charge is -2.00. The van der Waals surface area contributed by atoms with Crippen molar-refractivity contribution in [2.24, 2.45) is 0 Å². The Morgan fingerprint density at radius 2 is 2.20 bits per heavy atom. The smallest absolute Gasteiger partial charge is 0.217 e. The van der Waals surface area contributed by atoms with Gasteiger partial charge in [0, 0.05) is 11.1 Å². The number of nitrogens with zero attached hydrogens (tertiary/aromatic N) is 3. The molecule has 0 aliphatic carbocycles. The molecule has 0 N–H and O–H groups in total. The summed E-state index contributed by atoms with van der Waals surface area (Å²) in [6.45, 7) is 1.55. The van der Waals surface area contributed by atoms with E-state index in [1.807, 2.05) is 0 Å². The molecular weight excluding hydrogens is 227 g/mol. The molecule has 0 fully saturated rings. The van der Waals surface area contributed by atoms with Crippen molar-refractivity contribution in [1.29, 1.82) is 0 Å². The number of aryl methyl sites for hydroxylation is 1. The van der Waals surface area contributed by atoms with Gasteiger partial charge in [-0.05, 0) is 13.0 Å². The topological polar surface area (TPSA) is 30.7 Å². The van der Waals surface area contributed by atoms with Gasteiger partial charge in [0.2, 0.25) is 5.13 Å². The molecule has 0 spiro atoms. The summed E-state index contributed by atoms with van der Waals surface area (Å²) in [5, 5.41) is 5.38. The first kappa shape index (κ1) is 10.2. The molecule has 2 aromatic heterocycles. The highest BCUT2D eigenvalue weighted by atomic mass is 32.1. The van der Waals surface area contributed by atoms with Crippen molar-refractivity contribution in [3.05, 3.63) is 29.0 Å². The molecule has 2 rings (SSSR count). The van der Waals surface area contributed by atoms with Gasteiger partial charge in [-0.3, -0.25) is 0 Å². The zero-order valence-corrected chi connectivity index (χ0v) is 8.35. The highest BCUT2D eigenvalue weighted by molar-refractivity contribution is 7.12. The van der Waals surface area contributed by atoms with Crippen LogP contribution in [0.25, 0.3) is 5.13 Å². The highest BCUT2D eigenvalue weighted by Crippen LogP contribution is 2.29. The van der Waals surface area contributed by atoms with E-state index >= 15 is 0 Å². The van der Waals surface area contributed by atoms with Crippen LogP contribution in [0.5, 0.6) is 0 Å². The first-order valence-corrected chi connectivity index (χ1v) is 4.82. The maximum absolute atomic E-state index is 12.3. The molecule has 0 amide bonds. The molecule has 0 aliphatic heterocycles. The van der Waals surface area contributed by atoms with Gasteiger partial charge in [0.25, 0.3) is 0 Å². The van der Waals surface area contributed by atoms with E-state index in [4.69, 9.17) is 0 Å². The third kappa shape index (κ3) is 1.87. The van der Waals surface area contributed by atoms with Crippen molar-refractivity contribution in [1.82, 2.24) is 14.8 Å². The summed E-state index contributed by atoms with van der Waals surface area (Å²) >= 11 is 1.18. The third-order valence-electron chi connectivity index (χ3n) is 1.74. The lowest BCUT2D eigenvalue weighted by Crippen LogP contribution is -2.07. The second kappa shape index (κ2) is 3.34. The Hall–Kier alpha value is -1.37. The van der Waals surface area contributed by atoms with Gasteiger partial charge in [-0.25, -0.2) is 9.67 Å². The average molecular weight is 232 g/mol. The van der Waals surface area contributed by atoms with E-state index in [0.717, 1.165) is 10.7 Å². The number of thiazole rings is 1. The first-order chi connectivity index (χ1) is 6.98. The van der Waals surface area contributed by atoms with Crippen LogP contribution in [-0.4, -0.2) is 14.8 Å². The number of hydrogen-bond donors (Lipinski definition) is 0. The maximum atomic E-state index is 12.3. The molecule has 2 aromatic rings. The molecule has 15 heavy (non-hydrogen) atoms. The van der Waals surface area contributed by atoms with E-state index in [-0.39, 0.29) is 0 Å². The van der Waals surface area contributed by atoms with Crippen molar-refractivity contribution in [2.45, 2.75) is 13.1 Å². The average Bonchev–Trinajstić information content (AvgIpc) is 2.69. The minimum absolute atomic E-state index is 0.378. The summed E-state index contributed by atoms with van der Waals surface area (Å²) in [6.07, 6.45) is -1.89. The van der Waals surface area contributed by atoms with Gasteiger partial charge in [-0.15, -0.1) is 11.3 Å². The Morgan fingerprint density at radius 3 is 2.67 bits per heavy atom. The molecule has 0 unspecified atom stereocenters. The lowest BCUT2D eigenvalue weighted by molar-refractivity contribution is -0.141. The van der Waals surface area contributed by atoms with Crippen LogP contribution in [0.4, 0.5) is 13.2 Å². The van der Waals surface area contributed by atoms with Crippen LogP contribution in [0.3, 0.4) is 0 Å². The van der Waals surface area contributed by atoms with Gasteiger partial charge in [0.1, 0.15) is 6.20 Å². The normalized spacial score (nSPS) is 12.0. The summed E-state index contributed by atoms with van der Waals surface area (Å²) in [5.74, 6) is 0. The lowest BCUT2D eigenvalue weighted by atomic mass is 10.4. The Balaban J connectivity index is 2.47. The van der Waals surface area contributed by atoms with E-state index < -0.39 is 11.9 Å². The van der Waals surface area contributed by atoms with E-state index in [1.165, 1.54) is 11.3 Å². The Kier molecular flexibility index (Phi) is 2.26. The van der Waals surface area contributed by atoms with Crippen LogP contribution in [0, 0.1) is 13.1 Å². The first-order valence-electron chi connectivity index (χ1n) is 3.94. The van der Waals surface area contributed by atoms with E-state index in [9.17, 15) is 13.2 Å². The predicted octanol–water partition coefficient (Wildman–Crippen LogP) is 2.46.